The predicted octanol–water partition coefficient (Wildman–Crippen LogP) is 4.25. The smallest absolute Gasteiger partial charge is 0.270 e. The van der Waals surface area contributed by atoms with E-state index in [1.54, 1.807) is 24.3 Å². The normalized spacial score (nSPS) is 18.7. The topological polar surface area (TPSA) is 70.6 Å². The van der Waals surface area contributed by atoms with E-state index in [-0.39, 0.29) is 29.5 Å². The molecule has 7 heteroatoms. The molecule has 2 aromatic carbocycles. The first kappa shape index (κ1) is 23.4. The van der Waals surface area contributed by atoms with Gasteiger partial charge in [0.25, 0.3) is 5.91 Å². The molecule has 0 aromatic heterocycles. The van der Waals surface area contributed by atoms with Crippen molar-refractivity contribution in [3.63, 3.8) is 0 Å². The monoisotopic (exact) mass is 469 g/mol. The van der Waals surface area contributed by atoms with Crippen LogP contribution < -0.4 is 10.6 Å². The van der Waals surface area contributed by atoms with Gasteiger partial charge in [0.15, 0.2) is 0 Å². The van der Waals surface area contributed by atoms with E-state index >= 15 is 0 Å². The van der Waals surface area contributed by atoms with Gasteiger partial charge in [-0.1, -0.05) is 50.6 Å². The lowest BCUT2D eigenvalue weighted by Crippen LogP contribution is -2.55. The van der Waals surface area contributed by atoms with Gasteiger partial charge in [0.1, 0.15) is 17.6 Å². The van der Waals surface area contributed by atoms with Gasteiger partial charge < -0.3 is 10.6 Å². The fourth-order valence-corrected chi connectivity index (χ4v) is 4.25. The Morgan fingerprint density at radius 1 is 1.15 bits per heavy atom. The highest BCUT2D eigenvalue weighted by atomic mass is 35.5. The number of carbonyl (C=O) groups excluding carboxylic acids is 2. The first-order valence-corrected chi connectivity index (χ1v) is 11.7. The summed E-state index contributed by atoms with van der Waals surface area (Å²) in [6.45, 7) is 5.78. The SMILES string of the molecule is CC(C)(C)[C@H](NC(=O)C1=NC(Cc2ccc(F)cc2)Cc2ccc(Cl)cc21)C(=O)NC1CC1. The summed E-state index contributed by atoms with van der Waals surface area (Å²) in [5.41, 5.74) is 2.40. The molecule has 0 radical (unpaired) electrons. The second kappa shape index (κ2) is 9.26. The largest absolute Gasteiger partial charge is 0.352 e. The summed E-state index contributed by atoms with van der Waals surface area (Å²) in [7, 11) is 0. The molecule has 5 nitrogen and oxygen atoms in total. The second-order valence-electron chi connectivity index (χ2n) is 10.0. The number of hydrogen-bond donors (Lipinski definition) is 2. The molecule has 33 heavy (non-hydrogen) atoms. The molecule has 2 aliphatic rings. The van der Waals surface area contributed by atoms with Crippen molar-refractivity contribution in [1.82, 2.24) is 10.6 Å². The fourth-order valence-electron chi connectivity index (χ4n) is 4.08. The molecule has 4 rings (SSSR count). The zero-order valence-corrected chi connectivity index (χ0v) is 19.9. The zero-order chi connectivity index (χ0) is 23.8. The Kier molecular flexibility index (Phi) is 6.57. The van der Waals surface area contributed by atoms with Crippen LogP contribution in [0.3, 0.4) is 0 Å². The molecule has 1 unspecified atom stereocenters. The van der Waals surface area contributed by atoms with Gasteiger partial charge in [0.2, 0.25) is 5.91 Å². The van der Waals surface area contributed by atoms with Gasteiger partial charge in [0, 0.05) is 16.6 Å². The summed E-state index contributed by atoms with van der Waals surface area (Å²) < 4.78 is 13.3. The Hall–Kier alpha value is -2.73. The van der Waals surface area contributed by atoms with Crippen molar-refractivity contribution >= 4 is 29.1 Å². The number of amides is 2. The number of fused-ring (bicyclic) bond motifs is 1. The number of hydrogen-bond acceptors (Lipinski definition) is 3. The standard InChI is InChI=1S/C26H29ClFN3O2/c1-26(2,3)23(25(33)30-19-10-11-19)31-24(32)22-21-14-17(27)7-6-16(21)13-20(29-22)12-15-4-8-18(28)9-5-15/h4-9,14,19-20,23H,10-13H2,1-3H3,(H,30,33)(H,31,32)/t20?,23-/m1/s1. The molecule has 0 saturated heterocycles. The minimum atomic E-state index is -0.701. The van der Waals surface area contributed by atoms with Crippen molar-refractivity contribution in [3.8, 4) is 0 Å². The van der Waals surface area contributed by atoms with Gasteiger partial charge >= 0.3 is 0 Å². The number of halogens is 2. The van der Waals surface area contributed by atoms with E-state index in [1.165, 1.54) is 12.1 Å². The molecule has 1 fully saturated rings. The van der Waals surface area contributed by atoms with Crippen LogP contribution in [0.4, 0.5) is 4.39 Å². The van der Waals surface area contributed by atoms with Gasteiger partial charge in [-0.15, -0.1) is 0 Å². The van der Waals surface area contributed by atoms with Crippen LogP contribution in [-0.4, -0.2) is 35.7 Å². The average molecular weight is 470 g/mol. The van der Waals surface area contributed by atoms with Crippen LogP contribution >= 0.6 is 11.6 Å². The van der Waals surface area contributed by atoms with E-state index in [9.17, 15) is 14.0 Å². The van der Waals surface area contributed by atoms with E-state index < -0.39 is 17.4 Å². The Bertz CT molecular complexity index is 1090. The summed E-state index contributed by atoms with van der Waals surface area (Å²) in [6.07, 6.45) is 3.16. The predicted molar refractivity (Wildman–Crippen MR) is 128 cm³/mol. The van der Waals surface area contributed by atoms with E-state index in [0.717, 1.165) is 24.0 Å². The van der Waals surface area contributed by atoms with Crippen LogP contribution in [0.2, 0.25) is 5.02 Å². The summed E-state index contributed by atoms with van der Waals surface area (Å²) in [6, 6.07) is 11.1. The Morgan fingerprint density at radius 2 is 1.85 bits per heavy atom. The Balaban J connectivity index is 1.61. The molecular formula is C26H29ClFN3O2. The fraction of sp³-hybridized carbons (Fsp3) is 0.423. The number of nitrogens with one attached hydrogen (secondary N) is 2. The highest BCUT2D eigenvalue weighted by Gasteiger charge is 2.37. The maximum atomic E-state index is 13.5. The van der Waals surface area contributed by atoms with Gasteiger partial charge in [-0.2, -0.15) is 0 Å². The molecule has 2 amide bonds. The molecule has 1 aliphatic carbocycles. The molecular weight excluding hydrogens is 441 g/mol. The van der Waals surface area contributed by atoms with Gasteiger partial charge in [-0.3, -0.25) is 14.6 Å². The van der Waals surface area contributed by atoms with Crippen LogP contribution in [0, 0.1) is 11.2 Å². The summed E-state index contributed by atoms with van der Waals surface area (Å²) in [5.74, 6) is -0.860. The van der Waals surface area contributed by atoms with Crippen LogP contribution in [0.15, 0.2) is 47.5 Å². The molecule has 0 bridgehead atoms. The molecule has 1 aliphatic heterocycles. The van der Waals surface area contributed by atoms with E-state index in [0.29, 0.717) is 23.4 Å². The lowest BCUT2D eigenvalue weighted by atomic mass is 9.85. The Morgan fingerprint density at radius 3 is 2.48 bits per heavy atom. The first-order valence-electron chi connectivity index (χ1n) is 11.3. The maximum Gasteiger partial charge on any atom is 0.270 e. The molecule has 1 saturated carbocycles. The van der Waals surface area contributed by atoms with Gasteiger partial charge in [-0.05, 0) is 66.5 Å². The molecule has 2 N–H and O–H groups in total. The number of benzene rings is 2. The summed E-state index contributed by atoms with van der Waals surface area (Å²) in [4.78, 5) is 31.1. The van der Waals surface area contributed by atoms with Crippen molar-refractivity contribution in [2.24, 2.45) is 10.4 Å². The molecule has 174 valence electrons. The highest BCUT2D eigenvalue weighted by molar-refractivity contribution is 6.46. The van der Waals surface area contributed by atoms with Gasteiger partial charge in [0.05, 0.1) is 6.04 Å². The number of rotatable bonds is 6. The minimum absolute atomic E-state index is 0.177. The Labute approximate surface area is 198 Å². The maximum absolute atomic E-state index is 13.5. The summed E-state index contributed by atoms with van der Waals surface area (Å²) in [5, 5.41) is 6.45. The minimum Gasteiger partial charge on any atom is -0.352 e. The number of nitrogens with zero attached hydrogens (tertiary/aromatic N) is 1. The third kappa shape index (κ3) is 5.80. The number of aliphatic imine (C=N–C) groups is 1. The second-order valence-corrected chi connectivity index (χ2v) is 10.5. The van der Waals surface area contributed by atoms with Crippen LogP contribution in [0.5, 0.6) is 0 Å². The lowest BCUT2D eigenvalue weighted by molar-refractivity contribution is -0.129. The molecule has 1 heterocycles. The third-order valence-electron chi connectivity index (χ3n) is 6.02. The van der Waals surface area contributed by atoms with E-state index in [2.05, 4.69) is 10.6 Å². The molecule has 2 atom stereocenters. The first-order chi connectivity index (χ1) is 15.6. The summed E-state index contributed by atoms with van der Waals surface area (Å²) >= 11 is 6.23. The highest BCUT2D eigenvalue weighted by Crippen LogP contribution is 2.27. The zero-order valence-electron chi connectivity index (χ0n) is 19.1. The van der Waals surface area contributed by atoms with E-state index in [1.807, 2.05) is 26.8 Å². The van der Waals surface area contributed by atoms with Crippen molar-refractivity contribution in [2.75, 3.05) is 0 Å². The van der Waals surface area contributed by atoms with Crippen LogP contribution in [0.25, 0.3) is 0 Å². The van der Waals surface area contributed by atoms with Crippen LogP contribution in [-0.2, 0) is 22.4 Å². The van der Waals surface area contributed by atoms with Crippen molar-refractivity contribution < 1.29 is 14.0 Å². The third-order valence-corrected chi connectivity index (χ3v) is 6.26. The quantitative estimate of drug-likeness (QED) is 0.664. The number of carbonyl (C=O) groups is 2. The van der Waals surface area contributed by atoms with Gasteiger partial charge in [-0.25, -0.2) is 4.39 Å². The van der Waals surface area contributed by atoms with Crippen molar-refractivity contribution in [3.05, 3.63) is 70.0 Å². The molecule has 0 spiro atoms. The molecule has 2 aromatic rings. The van der Waals surface area contributed by atoms with Crippen molar-refractivity contribution in [1.29, 1.82) is 0 Å². The van der Waals surface area contributed by atoms with Crippen molar-refractivity contribution in [2.45, 2.75) is 64.6 Å². The van der Waals surface area contributed by atoms with E-state index in [4.69, 9.17) is 16.6 Å². The lowest BCUT2D eigenvalue weighted by Gasteiger charge is -2.31. The average Bonchev–Trinajstić information content (AvgIpc) is 3.56. The van der Waals surface area contributed by atoms with Crippen LogP contribution in [0.1, 0.15) is 50.3 Å².